The van der Waals surface area contributed by atoms with E-state index in [9.17, 15) is 9.59 Å². The van der Waals surface area contributed by atoms with E-state index in [-0.39, 0.29) is 31.2 Å². The Hall–Kier alpha value is -1.61. The van der Waals surface area contributed by atoms with Crippen LogP contribution in [0.4, 0.5) is 0 Å². The van der Waals surface area contributed by atoms with E-state index in [0.29, 0.717) is 0 Å². The van der Waals surface area contributed by atoms with Crippen molar-refractivity contribution < 1.29 is 14.3 Å². The average molecular weight is 474 g/mol. The van der Waals surface area contributed by atoms with Crippen LogP contribution in [0.25, 0.3) is 0 Å². The molecular weight excluding hydrogens is 461 g/mol. The van der Waals surface area contributed by atoms with Gasteiger partial charge in [-0.3, -0.25) is 0 Å². The van der Waals surface area contributed by atoms with E-state index in [4.69, 9.17) is 51.1 Å². The van der Waals surface area contributed by atoms with Gasteiger partial charge in [0.25, 0.3) is 0 Å². The molecule has 28 heavy (non-hydrogen) atoms. The monoisotopic (exact) mass is 472 g/mol. The molecule has 0 bridgehead atoms. The van der Waals surface area contributed by atoms with Crippen LogP contribution in [0, 0.1) is 0 Å². The van der Waals surface area contributed by atoms with Crippen molar-refractivity contribution in [3.8, 4) is 0 Å². The van der Waals surface area contributed by atoms with E-state index in [0.717, 1.165) is 0 Å². The van der Waals surface area contributed by atoms with Gasteiger partial charge in [0.2, 0.25) is 0 Å². The molecule has 0 N–H and O–H groups in total. The minimum atomic E-state index is -0.980. The fourth-order valence-electron chi connectivity index (χ4n) is 2.02. The summed E-state index contributed by atoms with van der Waals surface area (Å²) < 4.78 is 4.73. The normalized spacial score (nSPS) is 9.89. The molecular formula is C20H13Cl4O3P. The highest BCUT2D eigenvalue weighted by atomic mass is 35.5. The lowest BCUT2D eigenvalue weighted by Gasteiger charge is -2.08. The van der Waals surface area contributed by atoms with E-state index >= 15 is 0 Å². The number of hydrogen-bond acceptors (Lipinski definition) is 3. The van der Waals surface area contributed by atoms with E-state index < -0.39 is 11.9 Å². The molecule has 0 heterocycles. The Morgan fingerprint density at radius 2 is 0.964 bits per heavy atom. The zero-order valence-electron chi connectivity index (χ0n) is 14.2. The van der Waals surface area contributed by atoms with Gasteiger partial charge in [0.1, 0.15) is 0 Å². The molecule has 3 rings (SSSR count). The number of benzene rings is 3. The maximum Gasteiger partial charge on any atom is 0.349 e. The van der Waals surface area contributed by atoms with Crippen LogP contribution in [-0.2, 0) is 4.74 Å². The van der Waals surface area contributed by atoms with Gasteiger partial charge in [0.05, 0.1) is 31.2 Å². The van der Waals surface area contributed by atoms with Crippen LogP contribution >= 0.6 is 55.6 Å². The molecule has 3 aromatic carbocycles. The predicted molar refractivity (Wildman–Crippen MR) is 118 cm³/mol. The molecule has 3 aromatic rings. The molecule has 0 aliphatic heterocycles. The fraction of sp³-hybridized carbons (Fsp3) is 0. The fourth-order valence-corrected chi connectivity index (χ4v) is 3.35. The molecule has 1 unspecified atom stereocenters. The average Bonchev–Trinajstić information content (AvgIpc) is 2.62. The van der Waals surface area contributed by atoms with Gasteiger partial charge >= 0.3 is 11.9 Å². The molecule has 144 valence electrons. The Labute approximate surface area is 184 Å². The van der Waals surface area contributed by atoms with Gasteiger partial charge in [0, 0.05) is 0 Å². The number of carbonyl (C=O) groups is 2. The SMILES string of the molecule is O=C(OC(=O)c1c(Cl)cccc1Cl)c1c(Cl)cccc1Cl.Pc1ccccc1. The number of ether oxygens (including phenoxy) is 1. The molecule has 8 heteroatoms. The molecule has 0 aliphatic rings. The Morgan fingerprint density at radius 3 is 1.25 bits per heavy atom. The Balaban J connectivity index is 0.000000336. The summed E-state index contributed by atoms with van der Waals surface area (Å²) in [7, 11) is 2.63. The number of hydrogen-bond donors (Lipinski definition) is 0. The maximum absolute atomic E-state index is 12.0. The minimum absolute atomic E-state index is 0.0746. The first-order valence-corrected chi connectivity index (χ1v) is 9.85. The van der Waals surface area contributed by atoms with Crippen molar-refractivity contribution in [3.05, 3.63) is 97.9 Å². The molecule has 0 aromatic heterocycles. The zero-order valence-corrected chi connectivity index (χ0v) is 18.3. The number of halogens is 4. The van der Waals surface area contributed by atoms with Crippen molar-refractivity contribution in [1.82, 2.24) is 0 Å². The lowest BCUT2D eigenvalue weighted by molar-refractivity contribution is 0.0398. The van der Waals surface area contributed by atoms with Gasteiger partial charge in [-0.25, -0.2) is 9.59 Å². The molecule has 0 aliphatic carbocycles. The van der Waals surface area contributed by atoms with E-state index in [1.54, 1.807) is 12.1 Å². The highest BCUT2D eigenvalue weighted by Crippen LogP contribution is 2.28. The first-order chi connectivity index (χ1) is 13.3. The van der Waals surface area contributed by atoms with Gasteiger partial charge in [-0.15, -0.1) is 9.24 Å². The van der Waals surface area contributed by atoms with Crippen LogP contribution in [0.1, 0.15) is 20.7 Å². The summed E-state index contributed by atoms with van der Waals surface area (Å²) in [4.78, 5) is 24.0. The standard InChI is InChI=1S/C14H6Cl4O3.C6H7P/c15-7-3-1-4-8(16)11(7)13(19)21-14(20)12-9(17)5-2-6-10(12)18;7-6-4-2-1-3-5-6/h1-6H;1-5H,7H2. The molecule has 0 spiro atoms. The molecule has 0 radical (unpaired) electrons. The first-order valence-electron chi connectivity index (χ1n) is 7.76. The smallest absolute Gasteiger partial charge is 0.349 e. The van der Waals surface area contributed by atoms with Crippen molar-refractivity contribution in [2.75, 3.05) is 0 Å². The molecule has 0 saturated heterocycles. The second-order valence-electron chi connectivity index (χ2n) is 5.28. The first kappa shape index (κ1) is 22.7. The minimum Gasteiger partial charge on any atom is -0.386 e. The van der Waals surface area contributed by atoms with Crippen LogP contribution < -0.4 is 5.30 Å². The highest BCUT2D eigenvalue weighted by Gasteiger charge is 2.23. The van der Waals surface area contributed by atoms with E-state index in [1.807, 2.05) is 30.3 Å². The van der Waals surface area contributed by atoms with E-state index in [2.05, 4.69) is 9.24 Å². The third kappa shape index (κ3) is 6.20. The van der Waals surface area contributed by atoms with Crippen molar-refractivity contribution in [1.29, 1.82) is 0 Å². The summed E-state index contributed by atoms with van der Waals surface area (Å²) in [6, 6.07) is 19.1. The molecule has 3 nitrogen and oxygen atoms in total. The van der Waals surface area contributed by atoms with Crippen molar-refractivity contribution in [3.63, 3.8) is 0 Å². The number of carbonyl (C=O) groups excluding carboxylic acids is 2. The number of rotatable bonds is 2. The molecule has 1 atom stereocenters. The van der Waals surface area contributed by atoms with Gasteiger partial charge in [0.15, 0.2) is 0 Å². The summed E-state index contributed by atoms with van der Waals surface area (Å²) in [5.74, 6) is -1.96. The topological polar surface area (TPSA) is 43.4 Å². The summed E-state index contributed by atoms with van der Waals surface area (Å²) in [6.07, 6.45) is 0. The van der Waals surface area contributed by atoms with Crippen LogP contribution in [0.2, 0.25) is 20.1 Å². The Bertz CT molecular complexity index is 892. The maximum atomic E-state index is 12.0. The zero-order chi connectivity index (χ0) is 20.7. The van der Waals surface area contributed by atoms with Crippen LogP contribution in [0.5, 0.6) is 0 Å². The summed E-state index contributed by atoms with van der Waals surface area (Å²) >= 11 is 23.5. The Morgan fingerprint density at radius 1 is 0.607 bits per heavy atom. The second kappa shape index (κ2) is 10.8. The Kier molecular flexibility index (Phi) is 8.75. The second-order valence-corrected chi connectivity index (χ2v) is 7.58. The highest BCUT2D eigenvalue weighted by molar-refractivity contribution is 7.27. The lowest BCUT2D eigenvalue weighted by Crippen LogP contribution is -2.14. The molecule has 0 saturated carbocycles. The number of esters is 2. The van der Waals surface area contributed by atoms with Gasteiger partial charge < -0.3 is 4.74 Å². The summed E-state index contributed by atoms with van der Waals surface area (Å²) in [5, 5.41) is 1.54. The molecule has 0 amide bonds. The molecule has 0 fully saturated rings. The lowest BCUT2D eigenvalue weighted by atomic mass is 10.2. The van der Waals surface area contributed by atoms with Crippen molar-refractivity contribution >= 4 is 72.9 Å². The van der Waals surface area contributed by atoms with Gasteiger partial charge in [-0.2, -0.15) is 0 Å². The quantitative estimate of drug-likeness (QED) is 0.243. The summed E-state index contributed by atoms with van der Waals surface area (Å²) in [6.45, 7) is 0. The largest absolute Gasteiger partial charge is 0.386 e. The van der Waals surface area contributed by atoms with Crippen LogP contribution in [-0.4, -0.2) is 11.9 Å². The third-order valence-electron chi connectivity index (χ3n) is 3.32. The van der Waals surface area contributed by atoms with Crippen molar-refractivity contribution in [2.45, 2.75) is 0 Å². The van der Waals surface area contributed by atoms with Crippen molar-refractivity contribution in [2.24, 2.45) is 0 Å². The van der Waals surface area contributed by atoms with Crippen LogP contribution in [0.15, 0.2) is 66.7 Å². The van der Waals surface area contributed by atoms with Crippen LogP contribution in [0.3, 0.4) is 0 Å². The van der Waals surface area contributed by atoms with Gasteiger partial charge in [-0.1, -0.05) is 88.9 Å². The summed E-state index contributed by atoms with van der Waals surface area (Å²) in [5.41, 5.74) is -0.199. The van der Waals surface area contributed by atoms with Gasteiger partial charge in [-0.05, 0) is 29.6 Å². The van der Waals surface area contributed by atoms with E-state index in [1.165, 1.54) is 29.6 Å². The third-order valence-corrected chi connectivity index (χ3v) is 4.96. The predicted octanol–water partition coefficient (Wildman–Crippen LogP) is 6.48.